The first kappa shape index (κ1) is 9.32. The topological polar surface area (TPSA) is 86.3 Å². The number of anilines is 1. The maximum Gasteiger partial charge on any atom is 0.180 e. The third-order valence-corrected chi connectivity index (χ3v) is 1.78. The molecule has 2 aromatic heterocycles. The van der Waals surface area contributed by atoms with Gasteiger partial charge in [0.2, 0.25) is 0 Å². The SMILES string of the molecule is C=NOCc1cnc2ccc(N)nc2n1. The summed E-state index contributed by atoms with van der Waals surface area (Å²) in [5.74, 6) is 0.414. The molecule has 15 heavy (non-hydrogen) atoms. The molecule has 0 aromatic carbocycles. The lowest BCUT2D eigenvalue weighted by molar-refractivity contribution is 0.130. The molecule has 2 rings (SSSR count). The summed E-state index contributed by atoms with van der Waals surface area (Å²) in [5.41, 5.74) is 7.36. The van der Waals surface area contributed by atoms with Gasteiger partial charge in [0.25, 0.3) is 0 Å². The first-order valence-corrected chi connectivity index (χ1v) is 4.26. The van der Waals surface area contributed by atoms with E-state index in [9.17, 15) is 0 Å². The minimum Gasteiger partial charge on any atom is -0.390 e. The van der Waals surface area contributed by atoms with Crippen molar-refractivity contribution in [2.75, 3.05) is 5.73 Å². The first-order chi connectivity index (χ1) is 7.29. The molecule has 0 saturated heterocycles. The standard InChI is InChI=1S/C9H9N5O/c1-11-15-5-6-4-12-7-2-3-8(10)14-9(7)13-6/h2-4H,1,5H2,(H2,10,13,14). The van der Waals surface area contributed by atoms with E-state index in [1.54, 1.807) is 18.3 Å². The fraction of sp³-hybridized carbons (Fsp3) is 0.111. The molecular formula is C9H9N5O. The van der Waals surface area contributed by atoms with Gasteiger partial charge >= 0.3 is 0 Å². The van der Waals surface area contributed by atoms with Crippen molar-refractivity contribution in [2.45, 2.75) is 6.61 Å². The monoisotopic (exact) mass is 203 g/mol. The van der Waals surface area contributed by atoms with Gasteiger partial charge in [-0.25, -0.2) is 9.97 Å². The average molecular weight is 203 g/mol. The maximum absolute atomic E-state index is 5.54. The summed E-state index contributed by atoms with van der Waals surface area (Å²) in [4.78, 5) is 17.2. The molecule has 0 radical (unpaired) electrons. The van der Waals surface area contributed by atoms with Crippen LogP contribution in [-0.4, -0.2) is 21.7 Å². The molecule has 0 spiro atoms. The summed E-state index contributed by atoms with van der Waals surface area (Å²) in [6.07, 6.45) is 1.60. The van der Waals surface area contributed by atoms with Crippen LogP contribution in [0, 0.1) is 0 Å². The Kier molecular flexibility index (Phi) is 2.40. The van der Waals surface area contributed by atoms with Crippen molar-refractivity contribution in [1.82, 2.24) is 15.0 Å². The fourth-order valence-electron chi connectivity index (χ4n) is 1.13. The van der Waals surface area contributed by atoms with E-state index in [2.05, 4.69) is 26.8 Å². The molecular weight excluding hydrogens is 194 g/mol. The highest BCUT2D eigenvalue weighted by Gasteiger charge is 2.01. The zero-order chi connectivity index (χ0) is 10.7. The third-order valence-electron chi connectivity index (χ3n) is 1.78. The number of aromatic nitrogens is 3. The number of nitrogens with two attached hydrogens (primary N) is 1. The highest BCUT2D eigenvalue weighted by Crippen LogP contribution is 2.09. The van der Waals surface area contributed by atoms with Gasteiger partial charge < -0.3 is 10.6 Å². The van der Waals surface area contributed by atoms with Gasteiger partial charge in [-0.2, -0.15) is 0 Å². The Bertz CT molecular complexity index is 499. The molecule has 0 unspecified atom stereocenters. The number of pyridine rings is 1. The van der Waals surface area contributed by atoms with Crippen LogP contribution < -0.4 is 5.73 Å². The van der Waals surface area contributed by atoms with Crippen molar-refractivity contribution >= 4 is 23.7 Å². The normalized spacial score (nSPS) is 10.1. The van der Waals surface area contributed by atoms with Crippen molar-refractivity contribution in [2.24, 2.45) is 5.16 Å². The summed E-state index contributed by atoms with van der Waals surface area (Å²) in [6, 6.07) is 3.44. The molecule has 0 amide bonds. The Labute approximate surface area is 85.8 Å². The predicted octanol–water partition coefficient (Wildman–Crippen LogP) is 0.739. The Morgan fingerprint density at radius 3 is 3.07 bits per heavy atom. The van der Waals surface area contributed by atoms with Crippen LogP contribution in [0.5, 0.6) is 0 Å². The van der Waals surface area contributed by atoms with Crippen LogP contribution in [-0.2, 0) is 11.4 Å². The van der Waals surface area contributed by atoms with Gasteiger partial charge in [0, 0.05) is 6.72 Å². The second-order valence-electron chi connectivity index (χ2n) is 2.84. The number of nitrogens with zero attached hydrogens (tertiary/aromatic N) is 4. The zero-order valence-electron chi connectivity index (χ0n) is 7.92. The van der Waals surface area contributed by atoms with Gasteiger partial charge in [0.1, 0.15) is 17.0 Å². The molecule has 0 fully saturated rings. The zero-order valence-corrected chi connectivity index (χ0v) is 7.92. The lowest BCUT2D eigenvalue weighted by atomic mass is 10.4. The molecule has 2 heterocycles. The Morgan fingerprint density at radius 2 is 2.27 bits per heavy atom. The predicted molar refractivity (Wildman–Crippen MR) is 56.1 cm³/mol. The van der Waals surface area contributed by atoms with E-state index in [0.717, 1.165) is 0 Å². The Morgan fingerprint density at radius 1 is 1.40 bits per heavy atom. The second-order valence-corrected chi connectivity index (χ2v) is 2.84. The molecule has 0 bridgehead atoms. The maximum atomic E-state index is 5.54. The molecule has 76 valence electrons. The minimum atomic E-state index is 0.225. The molecule has 0 aliphatic carbocycles. The van der Waals surface area contributed by atoms with Crippen LogP contribution in [0.1, 0.15) is 5.69 Å². The Balaban J connectivity index is 2.40. The number of fused-ring (bicyclic) bond motifs is 1. The van der Waals surface area contributed by atoms with Crippen LogP contribution in [0.2, 0.25) is 0 Å². The lowest BCUT2D eigenvalue weighted by Gasteiger charge is -2.00. The van der Waals surface area contributed by atoms with Crippen LogP contribution >= 0.6 is 0 Å². The fourth-order valence-corrected chi connectivity index (χ4v) is 1.13. The molecule has 0 aliphatic rings. The van der Waals surface area contributed by atoms with Gasteiger partial charge in [-0.3, -0.25) is 4.98 Å². The molecule has 0 saturated carbocycles. The van der Waals surface area contributed by atoms with Crippen molar-refractivity contribution < 1.29 is 4.84 Å². The number of rotatable bonds is 3. The van der Waals surface area contributed by atoms with E-state index in [1.165, 1.54) is 0 Å². The van der Waals surface area contributed by atoms with Crippen LogP contribution in [0.3, 0.4) is 0 Å². The molecule has 0 aliphatic heterocycles. The third kappa shape index (κ3) is 1.98. The van der Waals surface area contributed by atoms with E-state index in [1.807, 2.05) is 0 Å². The number of nitrogen functional groups attached to an aromatic ring is 1. The van der Waals surface area contributed by atoms with Gasteiger partial charge in [-0.15, -0.1) is 5.16 Å². The van der Waals surface area contributed by atoms with Crippen LogP contribution in [0.4, 0.5) is 5.82 Å². The van der Waals surface area contributed by atoms with Gasteiger partial charge in [0.05, 0.1) is 6.20 Å². The van der Waals surface area contributed by atoms with E-state index < -0.39 is 0 Å². The molecule has 2 N–H and O–H groups in total. The minimum absolute atomic E-state index is 0.225. The average Bonchev–Trinajstić information content (AvgIpc) is 2.25. The quantitative estimate of drug-likeness (QED) is 0.587. The van der Waals surface area contributed by atoms with Crippen molar-refractivity contribution in [3.8, 4) is 0 Å². The summed E-state index contributed by atoms with van der Waals surface area (Å²) in [7, 11) is 0. The van der Waals surface area contributed by atoms with Gasteiger partial charge in [-0.1, -0.05) is 0 Å². The highest BCUT2D eigenvalue weighted by atomic mass is 16.6. The van der Waals surface area contributed by atoms with Crippen LogP contribution in [0.25, 0.3) is 11.2 Å². The summed E-state index contributed by atoms with van der Waals surface area (Å²) < 4.78 is 0. The van der Waals surface area contributed by atoms with Crippen molar-refractivity contribution in [1.29, 1.82) is 0 Å². The van der Waals surface area contributed by atoms with E-state index >= 15 is 0 Å². The smallest absolute Gasteiger partial charge is 0.180 e. The van der Waals surface area contributed by atoms with Crippen LogP contribution in [0.15, 0.2) is 23.5 Å². The van der Waals surface area contributed by atoms with Crippen molar-refractivity contribution in [3.05, 3.63) is 24.0 Å². The Hall–Kier alpha value is -2.24. The molecule has 2 aromatic rings. The van der Waals surface area contributed by atoms with Crippen molar-refractivity contribution in [3.63, 3.8) is 0 Å². The first-order valence-electron chi connectivity index (χ1n) is 4.26. The molecule has 0 atom stereocenters. The molecule has 6 nitrogen and oxygen atoms in total. The summed E-state index contributed by atoms with van der Waals surface area (Å²) >= 11 is 0. The second kappa shape index (κ2) is 3.87. The largest absolute Gasteiger partial charge is 0.390 e. The lowest BCUT2D eigenvalue weighted by Crippen LogP contribution is -1.98. The van der Waals surface area contributed by atoms with E-state index in [-0.39, 0.29) is 6.61 Å². The highest BCUT2D eigenvalue weighted by molar-refractivity contribution is 5.71. The molecule has 6 heteroatoms. The van der Waals surface area contributed by atoms with E-state index in [0.29, 0.717) is 22.7 Å². The number of hydrogen-bond donors (Lipinski definition) is 1. The van der Waals surface area contributed by atoms with E-state index in [4.69, 9.17) is 10.6 Å². The summed E-state index contributed by atoms with van der Waals surface area (Å²) in [5, 5.41) is 3.27. The number of oxime groups is 1. The summed E-state index contributed by atoms with van der Waals surface area (Å²) in [6.45, 7) is 3.42. The van der Waals surface area contributed by atoms with Gasteiger partial charge in [-0.05, 0) is 12.1 Å². The number of hydrogen-bond acceptors (Lipinski definition) is 6. The van der Waals surface area contributed by atoms with Gasteiger partial charge in [0.15, 0.2) is 12.3 Å².